The van der Waals surface area contributed by atoms with E-state index in [0.29, 0.717) is 22.6 Å². The molecular formula is C23H19NO5. The molecule has 0 N–H and O–H groups in total. The minimum absolute atomic E-state index is 0.0642. The molecule has 0 bridgehead atoms. The van der Waals surface area contributed by atoms with Crippen molar-refractivity contribution < 1.29 is 18.5 Å². The zero-order chi connectivity index (χ0) is 20.4. The number of ether oxygens (including phenoxy) is 1. The Morgan fingerprint density at radius 1 is 1.10 bits per heavy atom. The molecule has 4 rings (SSSR count). The van der Waals surface area contributed by atoms with Crippen LogP contribution in [0.4, 0.5) is 0 Å². The molecule has 2 aromatic heterocycles. The third-order valence-corrected chi connectivity index (χ3v) is 4.78. The molecule has 4 aromatic rings. The number of hydrogen-bond donors (Lipinski definition) is 0. The van der Waals surface area contributed by atoms with Gasteiger partial charge in [0.2, 0.25) is 0 Å². The Morgan fingerprint density at radius 2 is 1.90 bits per heavy atom. The molecule has 0 saturated carbocycles. The molecule has 0 saturated heterocycles. The van der Waals surface area contributed by atoms with Crippen LogP contribution in [0.25, 0.3) is 22.2 Å². The first-order valence-corrected chi connectivity index (χ1v) is 9.31. The highest BCUT2D eigenvalue weighted by Crippen LogP contribution is 2.26. The molecule has 0 spiro atoms. The lowest BCUT2D eigenvalue weighted by Crippen LogP contribution is -2.09. The number of rotatable bonds is 5. The van der Waals surface area contributed by atoms with Gasteiger partial charge in [-0.3, -0.25) is 0 Å². The average Bonchev–Trinajstić information content (AvgIpc) is 3.13. The zero-order valence-corrected chi connectivity index (χ0v) is 16.1. The molecule has 146 valence electrons. The molecule has 2 aromatic carbocycles. The van der Waals surface area contributed by atoms with Crippen molar-refractivity contribution in [3.63, 3.8) is 0 Å². The molecule has 0 atom stereocenters. The Balaban J connectivity index is 1.63. The van der Waals surface area contributed by atoms with Crippen molar-refractivity contribution in [2.75, 3.05) is 0 Å². The number of aromatic nitrogens is 1. The summed E-state index contributed by atoms with van der Waals surface area (Å²) in [5, 5.41) is 4.74. The van der Waals surface area contributed by atoms with Gasteiger partial charge in [-0.15, -0.1) is 0 Å². The lowest BCUT2D eigenvalue weighted by molar-refractivity contribution is 0.0472. The minimum atomic E-state index is -0.561. The van der Waals surface area contributed by atoms with Gasteiger partial charge < -0.3 is 13.7 Å². The van der Waals surface area contributed by atoms with Crippen LogP contribution in [0.1, 0.15) is 34.2 Å². The second-order valence-electron chi connectivity index (χ2n) is 6.68. The van der Waals surface area contributed by atoms with Gasteiger partial charge in [-0.2, -0.15) is 0 Å². The third-order valence-electron chi connectivity index (χ3n) is 4.78. The van der Waals surface area contributed by atoms with Crippen molar-refractivity contribution in [2.24, 2.45) is 0 Å². The summed E-state index contributed by atoms with van der Waals surface area (Å²) in [7, 11) is 0. The fraction of sp³-hybridized carbons (Fsp3) is 0.174. The van der Waals surface area contributed by atoms with E-state index < -0.39 is 11.6 Å². The van der Waals surface area contributed by atoms with E-state index in [-0.39, 0.29) is 12.2 Å². The second-order valence-corrected chi connectivity index (χ2v) is 6.68. The summed E-state index contributed by atoms with van der Waals surface area (Å²) in [5.74, 6) is -0.187. The van der Waals surface area contributed by atoms with Crippen molar-refractivity contribution in [3.8, 4) is 11.3 Å². The number of benzene rings is 2. The van der Waals surface area contributed by atoms with Crippen LogP contribution < -0.4 is 5.63 Å². The van der Waals surface area contributed by atoms with E-state index in [1.54, 1.807) is 6.92 Å². The molecule has 0 radical (unpaired) electrons. The summed E-state index contributed by atoms with van der Waals surface area (Å²) < 4.78 is 16.0. The van der Waals surface area contributed by atoms with Gasteiger partial charge in [-0.1, -0.05) is 54.5 Å². The van der Waals surface area contributed by atoms with Crippen LogP contribution in [0.15, 0.2) is 68.3 Å². The maximum Gasteiger partial charge on any atom is 0.344 e. The topological polar surface area (TPSA) is 82.5 Å². The number of aryl methyl sites for hydroxylation is 2. The van der Waals surface area contributed by atoms with E-state index in [2.05, 4.69) is 5.16 Å². The van der Waals surface area contributed by atoms with Crippen molar-refractivity contribution >= 4 is 16.9 Å². The van der Waals surface area contributed by atoms with Crippen LogP contribution >= 0.6 is 0 Å². The standard InChI is InChI=1S/C23H19NO5/c1-3-15-9-10-18-17(12-20(25)28-19(18)11-15)13-27-23(26)21-14(2)29-24-22(21)16-7-5-4-6-8-16/h4-12H,3,13H2,1-2H3. The average molecular weight is 389 g/mol. The largest absolute Gasteiger partial charge is 0.457 e. The van der Waals surface area contributed by atoms with Crippen LogP contribution in [0.3, 0.4) is 0 Å². The smallest absolute Gasteiger partial charge is 0.344 e. The zero-order valence-electron chi connectivity index (χ0n) is 16.1. The van der Waals surface area contributed by atoms with Crippen LogP contribution in [-0.4, -0.2) is 11.1 Å². The second kappa shape index (κ2) is 7.75. The van der Waals surface area contributed by atoms with Gasteiger partial charge in [0.1, 0.15) is 29.2 Å². The van der Waals surface area contributed by atoms with Crippen LogP contribution in [-0.2, 0) is 17.8 Å². The monoisotopic (exact) mass is 389 g/mol. The van der Waals surface area contributed by atoms with Gasteiger partial charge in [-0.25, -0.2) is 9.59 Å². The lowest BCUT2D eigenvalue weighted by Gasteiger charge is -2.08. The molecule has 29 heavy (non-hydrogen) atoms. The number of fused-ring (bicyclic) bond motifs is 1. The van der Waals surface area contributed by atoms with Gasteiger partial charge in [-0.05, 0) is 25.0 Å². The highest BCUT2D eigenvalue weighted by Gasteiger charge is 2.23. The Morgan fingerprint density at radius 3 is 2.66 bits per heavy atom. The van der Waals surface area contributed by atoms with Gasteiger partial charge in [0, 0.05) is 22.6 Å². The fourth-order valence-corrected chi connectivity index (χ4v) is 3.23. The summed E-state index contributed by atoms with van der Waals surface area (Å²) in [6.45, 7) is 3.62. The van der Waals surface area contributed by atoms with Gasteiger partial charge in [0.15, 0.2) is 0 Å². The molecule has 0 aliphatic rings. The molecular weight excluding hydrogens is 370 g/mol. The van der Waals surface area contributed by atoms with E-state index in [9.17, 15) is 9.59 Å². The minimum Gasteiger partial charge on any atom is -0.457 e. The van der Waals surface area contributed by atoms with E-state index in [1.807, 2.05) is 55.5 Å². The maximum atomic E-state index is 12.8. The highest BCUT2D eigenvalue weighted by atomic mass is 16.5. The maximum absolute atomic E-state index is 12.8. The summed E-state index contributed by atoms with van der Waals surface area (Å²) in [5.41, 5.74) is 3.10. The SMILES string of the molecule is CCc1ccc2c(COC(=O)c3c(-c4ccccc4)noc3C)cc(=O)oc2c1. The summed E-state index contributed by atoms with van der Waals surface area (Å²) in [4.78, 5) is 24.7. The van der Waals surface area contributed by atoms with Gasteiger partial charge >= 0.3 is 11.6 Å². The Bertz CT molecular complexity index is 1240. The number of esters is 1. The number of hydrogen-bond acceptors (Lipinski definition) is 6. The lowest BCUT2D eigenvalue weighted by atomic mass is 10.1. The molecule has 6 nitrogen and oxygen atoms in total. The first kappa shape index (κ1) is 18.7. The van der Waals surface area contributed by atoms with Crippen molar-refractivity contribution in [1.29, 1.82) is 0 Å². The number of nitrogens with zero attached hydrogens (tertiary/aromatic N) is 1. The van der Waals surface area contributed by atoms with Gasteiger partial charge in [0.25, 0.3) is 0 Å². The molecule has 0 aliphatic heterocycles. The van der Waals surface area contributed by atoms with Crippen molar-refractivity contribution in [3.05, 3.63) is 87.5 Å². The molecule has 0 aliphatic carbocycles. The first-order chi connectivity index (χ1) is 14.1. The van der Waals surface area contributed by atoms with Crippen molar-refractivity contribution in [1.82, 2.24) is 5.16 Å². The molecule has 6 heteroatoms. The quantitative estimate of drug-likeness (QED) is 0.364. The predicted molar refractivity (Wildman–Crippen MR) is 108 cm³/mol. The van der Waals surface area contributed by atoms with Gasteiger partial charge in [0.05, 0.1) is 0 Å². The third kappa shape index (κ3) is 3.69. The van der Waals surface area contributed by atoms with E-state index in [1.165, 1.54) is 6.07 Å². The van der Waals surface area contributed by atoms with E-state index in [4.69, 9.17) is 13.7 Å². The molecule has 0 amide bonds. The normalized spacial score (nSPS) is 11.0. The number of carbonyl (C=O) groups excluding carboxylic acids is 1. The van der Waals surface area contributed by atoms with E-state index >= 15 is 0 Å². The van der Waals surface area contributed by atoms with E-state index in [0.717, 1.165) is 22.9 Å². The van der Waals surface area contributed by atoms with Crippen molar-refractivity contribution in [2.45, 2.75) is 26.9 Å². The summed E-state index contributed by atoms with van der Waals surface area (Å²) in [6, 6.07) is 16.3. The predicted octanol–water partition coefficient (Wildman–Crippen LogP) is 4.68. The van der Waals surface area contributed by atoms with Crippen LogP contribution in [0.2, 0.25) is 0 Å². The Labute approximate surface area is 166 Å². The Kier molecular flexibility index (Phi) is 4.99. The van der Waals surface area contributed by atoms with Crippen LogP contribution in [0.5, 0.6) is 0 Å². The summed E-state index contributed by atoms with van der Waals surface area (Å²) in [6.07, 6.45) is 0.827. The molecule has 2 heterocycles. The molecule has 0 fully saturated rings. The van der Waals surface area contributed by atoms with Crippen LogP contribution in [0, 0.1) is 6.92 Å². The number of carbonyl (C=O) groups is 1. The molecule has 0 unspecified atom stereocenters. The highest BCUT2D eigenvalue weighted by molar-refractivity contribution is 5.97. The summed E-state index contributed by atoms with van der Waals surface area (Å²) >= 11 is 0. The first-order valence-electron chi connectivity index (χ1n) is 9.31. The Hall–Kier alpha value is -3.67. The fourth-order valence-electron chi connectivity index (χ4n) is 3.23.